The summed E-state index contributed by atoms with van der Waals surface area (Å²) in [5.74, 6) is 3.49. The van der Waals surface area contributed by atoms with Gasteiger partial charge < -0.3 is 4.74 Å². The van der Waals surface area contributed by atoms with Crippen molar-refractivity contribution in [3.63, 3.8) is 0 Å². The first kappa shape index (κ1) is 29.8. The smallest absolute Gasteiger partial charge is 0.133 e. The number of hydrogen-bond donors (Lipinski definition) is 0. The molecule has 3 nitrogen and oxygen atoms in total. The number of rotatable bonds is 9. The summed E-state index contributed by atoms with van der Waals surface area (Å²) in [6.07, 6.45) is 10.6. The Hall–Kier alpha value is -2.42. The maximum absolute atomic E-state index is 11.2. The number of carbonyl (C=O) groups excluding carboxylic acids is 1. The summed E-state index contributed by atoms with van der Waals surface area (Å²) in [5.41, 5.74) is 6.13. The Labute approximate surface area is 220 Å². The second kappa shape index (κ2) is 15.6. The zero-order valence-corrected chi connectivity index (χ0v) is 23.9. The summed E-state index contributed by atoms with van der Waals surface area (Å²) >= 11 is 0. The van der Waals surface area contributed by atoms with Crippen LogP contribution < -0.4 is 4.74 Å². The topological polar surface area (TPSA) is 38.7 Å². The molecule has 0 bridgehead atoms. The Balaban J connectivity index is 0.000000220. The van der Waals surface area contributed by atoms with Gasteiger partial charge in [0.15, 0.2) is 0 Å². The van der Waals surface area contributed by atoms with Crippen molar-refractivity contribution in [1.29, 1.82) is 0 Å². The molecule has 2 saturated carbocycles. The molecule has 2 aromatic rings. The highest BCUT2D eigenvalue weighted by Gasteiger charge is 2.27. The molecule has 198 valence electrons. The monoisotopic (exact) mass is 491 g/mol. The van der Waals surface area contributed by atoms with Crippen molar-refractivity contribution in [3.05, 3.63) is 59.2 Å². The van der Waals surface area contributed by atoms with Crippen LogP contribution >= 0.6 is 0 Å². The Morgan fingerprint density at radius 3 is 2.19 bits per heavy atom. The minimum absolute atomic E-state index is 0.344. The third kappa shape index (κ3) is 10.3. The second-order valence-electron chi connectivity index (χ2n) is 10.7. The average Bonchev–Trinajstić information content (AvgIpc) is 3.70. The molecule has 2 aliphatic carbocycles. The lowest BCUT2D eigenvalue weighted by molar-refractivity contribution is -0.119. The van der Waals surface area contributed by atoms with Crippen molar-refractivity contribution >= 4 is 17.2 Å². The molecule has 2 aromatic carbocycles. The van der Waals surface area contributed by atoms with E-state index < -0.39 is 0 Å². The van der Waals surface area contributed by atoms with E-state index in [4.69, 9.17) is 9.73 Å². The van der Waals surface area contributed by atoms with Gasteiger partial charge in [-0.05, 0) is 73.6 Å². The Bertz CT molecular complexity index is 955. The normalized spacial score (nSPS) is 16.0. The van der Waals surface area contributed by atoms with Crippen LogP contribution in [0.3, 0.4) is 0 Å². The standard InChI is InChI=1S/C16H23NO.C12H16O.C5H10/c1-5-6-12(3)17-15-10-16(18-4)14(9-11(15)2)13-7-8-13;1-3-12(13)9-10(2)11-7-5-4-6-8-11;1-5-3-2-4-5/h9-10,13H,5-8H2,1-4H3;4-8,10H,3,9H2,1-2H3;5H,2-4H2,1H3. The van der Waals surface area contributed by atoms with Crippen LogP contribution in [0.25, 0.3) is 0 Å². The van der Waals surface area contributed by atoms with Crippen LogP contribution in [0.4, 0.5) is 5.69 Å². The molecule has 0 radical (unpaired) electrons. The van der Waals surface area contributed by atoms with Crippen LogP contribution in [-0.4, -0.2) is 18.6 Å². The SMILES string of the molecule is CC1CCC1.CCC(=O)CC(C)c1ccccc1.CCCC(C)=Nc1cc(OC)c(C2CC2)cc1C. The molecule has 0 spiro atoms. The van der Waals surface area contributed by atoms with Crippen molar-refractivity contribution in [1.82, 2.24) is 0 Å². The molecule has 0 N–H and O–H groups in total. The van der Waals surface area contributed by atoms with Gasteiger partial charge in [-0.25, -0.2) is 0 Å². The van der Waals surface area contributed by atoms with E-state index in [1.807, 2.05) is 25.1 Å². The highest BCUT2D eigenvalue weighted by molar-refractivity contribution is 5.85. The summed E-state index contributed by atoms with van der Waals surface area (Å²) < 4.78 is 5.51. The van der Waals surface area contributed by atoms with Gasteiger partial charge in [0.05, 0.1) is 12.8 Å². The number of benzene rings is 2. The third-order valence-corrected chi connectivity index (χ3v) is 7.18. The first-order chi connectivity index (χ1) is 17.3. The number of hydrogen-bond acceptors (Lipinski definition) is 3. The number of ether oxygens (including phenoxy) is 1. The number of carbonyl (C=O) groups is 1. The van der Waals surface area contributed by atoms with Crippen molar-refractivity contribution in [2.24, 2.45) is 10.9 Å². The molecule has 2 fully saturated rings. The fourth-order valence-electron chi connectivity index (χ4n) is 4.33. The van der Waals surface area contributed by atoms with Crippen LogP contribution in [0.1, 0.15) is 121 Å². The first-order valence-electron chi connectivity index (χ1n) is 14.1. The molecular formula is C33H49NO2. The van der Waals surface area contributed by atoms with Crippen LogP contribution in [0, 0.1) is 12.8 Å². The lowest BCUT2D eigenvalue weighted by atomic mass is 9.88. The Kier molecular flexibility index (Phi) is 12.9. The predicted octanol–water partition coefficient (Wildman–Crippen LogP) is 9.74. The molecule has 0 amide bonds. The number of aryl methyl sites for hydroxylation is 1. The van der Waals surface area contributed by atoms with Gasteiger partial charge in [-0.3, -0.25) is 9.79 Å². The highest BCUT2D eigenvalue weighted by atomic mass is 16.5. The lowest BCUT2D eigenvalue weighted by Gasteiger charge is -2.18. The Morgan fingerprint density at radius 1 is 1.08 bits per heavy atom. The first-order valence-corrected chi connectivity index (χ1v) is 14.1. The Morgan fingerprint density at radius 2 is 1.72 bits per heavy atom. The molecular weight excluding hydrogens is 442 g/mol. The highest BCUT2D eigenvalue weighted by Crippen LogP contribution is 2.46. The van der Waals surface area contributed by atoms with Crippen molar-refractivity contribution in [2.45, 2.75) is 111 Å². The number of nitrogens with zero attached hydrogens (tertiary/aromatic N) is 1. The van der Waals surface area contributed by atoms with Crippen LogP contribution in [0.15, 0.2) is 47.5 Å². The maximum Gasteiger partial charge on any atom is 0.133 e. The van der Waals surface area contributed by atoms with Crippen molar-refractivity contribution < 1.29 is 9.53 Å². The fourth-order valence-corrected chi connectivity index (χ4v) is 4.33. The van der Waals surface area contributed by atoms with Crippen LogP contribution in [0.5, 0.6) is 5.75 Å². The minimum Gasteiger partial charge on any atom is -0.496 e. The van der Waals surface area contributed by atoms with Crippen LogP contribution in [0.2, 0.25) is 0 Å². The summed E-state index contributed by atoms with van der Waals surface area (Å²) in [6, 6.07) is 14.5. The van der Waals surface area contributed by atoms with E-state index in [1.165, 1.54) is 54.5 Å². The van der Waals surface area contributed by atoms with E-state index in [1.54, 1.807) is 7.11 Å². The molecule has 1 unspecified atom stereocenters. The van der Waals surface area contributed by atoms with Gasteiger partial charge in [0, 0.05) is 24.6 Å². The van der Waals surface area contributed by atoms with Gasteiger partial charge in [-0.15, -0.1) is 0 Å². The van der Waals surface area contributed by atoms with Crippen molar-refractivity contribution in [3.8, 4) is 5.75 Å². The molecule has 2 aliphatic rings. The maximum atomic E-state index is 11.2. The minimum atomic E-state index is 0.344. The summed E-state index contributed by atoms with van der Waals surface area (Å²) in [5, 5.41) is 0. The van der Waals surface area contributed by atoms with Gasteiger partial charge in [-0.2, -0.15) is 0 Å². The summed E-state index contributed by atoms with van der Waals surface area (Å²) in [4.78, 5) is 15.9. The number of methoxy groups -OCH3 is 1. The van der Waals surface area contributed by atoms with E-state index in [0.717, 1.165) is 30.2 Å². The van der Waals surface area contributed by atoms with E-state index in [0.29, 0.717) is 30.5 Å². The summed E-state index contributed by atoms with van der Waals surface area (Å²) in [6.45, 7) is 12.8. The molecule has 0 aliphatic heterocycles. The molecule has 3 heteroatoms. The van der Waals surface area contributed by atoms with E-state index in [2.05, 4.69) is 58.9 Å². The molecule has 4 rings (SSSR count). The van der Waals surface area contributed by atoms with E-state index in [-0.39, 0.29) is 0 Å². The van der Waals surface area contributed by atoms with Gasteiger partial charge in [0.25, 0.3) is 0 Å². The van der Waals surface area contributed by atoms with Gasteiger partial charge in [0.2, 0.25) is 0 Å². The molecule has 36 heavy (non-hydrogen) atoms. The lowest BCUT2D eigenvalue weighted by Crippen LogP contribution is -2.04. The molecule has 0 saturated heterocycles. The van der Waals surface area contributed by atoms with Crippen molar-refractivity contribution in [2.75, 3.05) is 7.11 Å². The largest absolute Gasteiger partial charge is 0.496 e. The predicted molar refractivity (Wildman–Crippen MR) is 155 cm³/mol. The zero-order chi connectivity index (χ0) is 26.5. The molecule has 0 aromatic heterocycles. The fraction of sp³-hybridized carbons (Fsp3) is 0.576. The molecule has 1 atom stereocenters. The third-order valence-electron chi connectivity index (χ3n) is 7.18. The van der Waals surface area contributed by atoms with Gasteiger partial charge >= 0.3 is 0 Å². The second-order valence-corrected chi connectivity index (χ2v) is 10.7. The van der Waals surface area contributed by atoms with Gasteiger partial charge in [-0.1, -0.05) is 83.7 Å². The number of aliphatic imine (C=N–C) groups is 1. The van der Waals surface area contributed by atoms with Crippen LogP contribution in [-0.2, 0) is 4.79 Å². The summed E-state index contributed by atoms with van der Waals surface area (Å²) in [7, 11) is 1.75. The number of Topliss-reactive ketones (excluding diaryl/α,β-unsaturated/α-hetero) is 1. The average molecular weight is 492 g/mol. The molecule has 0 heterocycles. The van der Waals surface area contributed by atoms with E-state index in [9.17, 15) is 4.79 Å². The quantitative estimate of drug-likeness (QED) is 0.327. The van der Waals surface area contributed by atoms with Gasteiger partial charge in [0.1, 0.15) is 11.5 Å². The number of ketones is 1. The van der Waals surface area contributed by atoms with E-state index >= 15 is 0 Å². The zero-order valence-electron chi connectivity index (χ0n) is 23.9.